The highest BCUT2D eigenvalue weighted by atomic mass is 16.5. The maximum atomic E-state index is 12.4. The van der Waals surface area contributed by atoms with Crippen molar-refractivity contribution >= 4 is 17.6 Å². The van der Waals surface area contributed by atoms with Crippen molar-refractivity contribution in [3.8, 4) is 0 Å². The highest BCUT2D eigenvalue weighted by molar-refractivity contribution is 5.80. The van der Waals surface area contributed by atoms with Gasteiger partial charge >= 0.3 is 5.97 Å². The summed E-state index contributed by atoms with van der Waals surface area (Å²) in [6, 6.07) is 16.2. The van der Waals surface area contributed by atoms with Crippen molar-refractivity contribution < 1.29 is 14.3 Å². The predicted octanol–water partition coefficient (Wildman–Crippen LogP) is 3.01. The van der Waals surface area contributed by atoms with Gasteiger partial charge in [0.15, 0.2) is 0 Å². The van der Waals surface area contributed by atoms with Crippen LogP contribution in [0.15, 0.2) is 54.6 Å². The Balaban J connectivity index is 2.05. The molecule has 0 aliphatic heterocycles. The van der Waals surface area contributed by atoms with E-state index in [1.165, 1.54) is 0 Å². The summed E-state index contributed by atoms with van der Waals surface area (Å²) in [6.45, 7) is 3.60. The molecule has 0 fully saturated rings. The smallest absolute Gasteiger partial charge is 0.308 e. The van der Waals surface area contributed by atoms with Gasteiger partial charge in [0.2, 0.25) is 5.91 Å². The molecular formula is C20H24N2O3. The first-order valence-corrected chi connectivity index (χ1v) is 8.32. The Kier molecular flexibility index (Phi) is 6.57. The van der Waals surface area contributed by atoms with Gasteiger partial charge in [-0.2, -0.15) is 0 Å². The van der Waals surface area contributed by atoms with Crippen LogP contribution in [0.2, 0.25) is 0 Å². The van der Waals surface area contributed by atoms with Crippen molar-refractivity contribution in [3.05, 3.63) is 65.7 Å². The van der Waals surface area contributed by atoms with Crippen LogP contribution in [0.25, 0.3) is 0 Å². The SMILES string of the molecule is CC(C)OC(=O)CC(NC(=O)Cc1ccc(N)cc1)c1ccccc1. The van der Waals surface area contributed by atoms with Crippen LogP contribution in [-0.4, -0.2) is 18.0 Å². The van der Waals surface area contributed by atoms with Crippen molar-refractivity contribution in [1.82, 2.24) is 5.32 Å². The van der Waals surface area contributed by atoms with Crippen LogP contribution < -0.4 is 11.1 Å². The van der Waals surface area contributed by atoms with Crippen LogP contribution in [-0.2, 0) is 20.7 Å². The van der Waals surface area contributed by atoms with E-state index in [1.807, 2.05) is 42.5 Å². The summed E-state index contributed by atoms with van der Waals surface area (Å²) < 4.78 is 5.21. The van der Waals surface area contributed by atoms with Crippen molar-refractivity contribution in [1.29, 1.82) is 0 Å². The monoisotopic (exact) mass is 340 g/mol. The van der Waals surface area contributed by atoms with Crippen LogP contribution in [0, 0.1) is 0 Å². The fourth-order valence-corrected chi connectivity index (χ4v) is 2.48. The predicted molar refractivity (Wildman–Crippen MR) is 97.7 cm³/mol. The second kappa shape index (κ2) is 8.87. The lowest BCUT2D eigenvalue weighted by Gasteiger charge is -2.19. The molecule has 25 heavy (non-hydrogen) atoms. The van der Waals surface area contributed by atoms with E-state index in [0.717, 1.165) is 11.1 Å². The highest BCUT2D eigenvalue weighted by Crippen LogP contribution is 2.18. The van der Waals surface area contributed by atoms with Crippen molar-refractivity contribution in [2.45, 2.75) is 38.8 Å². The molecule has 0 saturated carbocycles. The summed E-state index contributed by atoms with van der Waals surface area (Å²) in [4.78, 5) is 24.4. The molecule has 1 amide bonds. The molecule has 5 nitrogen and oxygen atoms in total. The number of carbonyl (C=O) groups excluding carboxylic acids is 2. The average molecular weight is 340 g/mol. The topological polar surface area (TPSA) is 81.4 Å². The minimum atomic E-state index is -0.422. The number of anilines is 1. The van der Waals surface area contributed by atoms with E-state index in [9.17, 15) is 9.59 Å². The number of ether oxygens (including phenoxy) is 1. The lowest BCUT2D eigenvalue weighted by molar-refractivity contribution is -0.148. The third-order valence-electron chi connectivity index (χ3n) is 3.62. The minimum Gasteiger partial charge on any atom is -0.463 e. The van der Waals surface area contributed by atoms with Crippen LogP contribution in [0.5, 0.6) is 0 Å². The Morgan fingerprint density at radius 2 is 1.68 bits per heavy atom. The van der Waals surface area contributed by atoms with E-state index in [4.69, 9.17) is 10.5 Å². The van der Waals surface area contributed by atoms with E-state index in [-0.39, 0.29) is 30.8 Å². The summed E-state index contributed by atoms with van der Waals surface area (Å²) >= 11 is 0. The first kappa shape index (κ1) is 18.5. The Hall–Kier alpha value is -2.82. The fourth-order valence-electron chi connectivity index (χ4n) is 2.48. The molecule has 5 heteroatoms. The lowest BCUT2D eigenvalue weighted by Crippen LogP contribution is -2.32. The molecule has 2 aromatic rings. The second-order valence-corrected chi connectivity index (χ2v) is 6.19. The molecule has 2 rings (SSSR count). The zero-order valence-electron chi connectivity index (χ0n) is 14.6. The number of amides is 1. The molecule has 0 bridgehead atoms. The first-order valence-electron chi connectivity index (χ1n) is 8.32. The molecule has 0 aliphatic rings. The van der Waals surface area contributed by atoms with Crippen molar-refractivity contribution in [2.24, 2.45) is 0 Å². The molecule has 3 N–H and O–H groups in total. The van der Waals surface area contributed by atoms with E-state index < -0.39 is 6.04 Å². The summed E-state index contributed by atoms with van der Waals surface area (Å²) in [5, 5.41) is 2.93. The van der Waals surface area contributed by atoms with E-state index in [2.05, 4.69) is 5.32 Å². The third kappa shape index (κ3) is 6.30. The molecule has 0 aliphatic carbocycles. The maximum Gasteiger partial charge on any atom is 0.308 e. The number of hydrogen-bond donors (Lipinski definition) is 2. The van der Waals surface area contributed by atoms with Gasteiger partial charge in [0.05, 0.1) is 25.0 Å². The molecule has 1 unspecified atom stereocenters. The van der Waals surface area contributed by atoms with Crippen molar-refractivity contribution in [3.63, 3.8) is 0 Å². The van der Waals surface area contributed by atoms with Gasteiger partial charge in [-0.1, -0.05) is 42.5 Å². The Morgan fingerprint density at radius 1 is 1.04 bits per heavy atom. The van der Waals surface area contributed by atoms with Gasteiger partial charge in [-0.05, 0) is 37.1 Å². The zero-order chi connectivity index (χ0) is 18.2. The van der Waals surface area contributed by atoms with Gasteiger partial charge in [0, 0.05) is 5.69 Å². The zero-order valence-corrected chi connectivity index (χ0v) is 14.6. The molecular weight excluding hydrogens is 316 g/mol. The van der Waals surface area contributed by atoms with Crippen LogP contribution in [0.4, 0.5) is 5.69 Å². The number of benzene rings is 2. The quantitative estimate of drug-likeness (QED) is 0.600. The Bertz CT molecular complexity index is 697. The standard InChI is InChI=1S/C20H24N2O3/c1-14(2)25-20(24)13-18(16-6-4-3-5-7-16)22-19(23)12-15-8-10-17(21)11-9-15/h3-11,14,18H,12-13,21H2,1-2H3,(H,22,23). The highest BCUT2D eigenvalue weighted by Gasteiger charge is 2.20. The number of nitrogen functional groups attached to an aromatic ring is 1. The van der Waals surface area contributed by atoms with E-state index in [0.29, 0.717) is 5.69 Å². The van der Waals surface area contributed by atoms with Crippen LogP contribution in [0.3, 0.4) is 0 Å². The van der Waals surface area contributed by atoms with Gasteiger partial charge in [-0.25, -0.2) is 0 Å². The average Bonchev–Trinajstić information content (AvgIpc) is 2.56. The van der Waals surface area contributed by atoms with Crippen LogP contribution in [0.1, 0.15) is 37.4 Å². The number of nitrogens with two attached hydrogens (primary N) is 1. The van der Waals surface area contributed by atoms with E-state index >= 15 is 0 Å². The number of nitrogens with one attached hydrogen (secondary N) is 1. The fraction of sp³-hybridized carbons (Fsp3) is 0.300. The molecule has 0 spiro atoms. The van der Waals surface area contributed by atoms with Gasteiger partial charge in [0.25, 0.3) is 0 Å². The van der Waals surface area contributed by atoms with Gasteiger partial charge in [0.1, 0.15) is 0 Å². The molecule has 0 aromatic heterocycles. The minimum absolute atomic E-state index is 0.0929. The summed E-state index contributed by atoms with van der Waals surface area (Å²) in [6.07, 6.45) is 0.132. The Morgan fingerprint density at radius 3 is 2.28 bits per heavy atom. The molecule has 132 valence electrons. The van der Waals surface area contributed by atoms with Crippen LogP contribution >= 0.6 is 0 Å². The second-order valence-electron chi connectivity index (χ2n) is 6.19. The molecule has 0 saturated heterocycles. The number of hydrogen-bond acceptors (Lipinski definition) is 4. The molecule has 1 atom stereocenters. The summed E-state index contributed by atoms with van der Waals surface area (Å²) in [7, 11) is 0. The first-order chi connectivity index (χ1) is 11.9. The van der Waals surface area contributed by atoms with E-state index in [1.54, 1.807) is 26.0 Å². The summed E-state index contributed by atoms with van der Waals surface area (Å²) in [5.74, 6) is -0.493. The van der Waals surface area contributed by atoms with Crippen molar-refractivity contribution in [2.75, 3.05) is 5.73 Å². The van der Waals surface area contributed by atoms with Gasteiger partial charge in [-0.15, -0.1) is 0 Å². The molecule has 2 aromatic carbocycles. The number of esters is 1. The maximum absolute atomic E-state index is 12.4. The molecule has 0 radical (unpaired) electrons. The largest absolute Gasteiger partial charge is 0.463 e. The normalized spacial score (nSPS) is 11.8. The third-order valence-corrected chi connectivity index (χ3v) is 3.62. The van der Waals surface area contributed by atoms with Gasteiger partial charge < -0.3 is 15.8 Å². The lowest BCUT2D eigenvalue weighted by atomic mass is 10.0. The number of rotatable bonds is 7. The van der Waals surface area contributed by atoms with Gasteiger partial charge in [-0.3, -0.25) is 9.59 Å². The number of carbonyl (C=O) groups is 2. The Labute approximate surface area is 148 Å². The summed E-state index contributed by atoms with van der Waals surface area (Å²) in [5.41, 5.74) is 8.05. The molecule has 0 heterocycles.